The molecule has 2 aromatic rings. The van der Waals surface area contributed by atoms with Crippen molar-refractivity contribution in [3.63, 3.8) is 0 Å². The maximum atomic E-state index is 12.6. The number of nitrogens with zero attached hydrogens (tertiary/aromatic N) is 1. The first kappa shape index (κ1) is 17.4. The number of nitrogens with one attached hydrogen (secondary N) is 2. The van der Waals surface area contributed by atoms with Gasteiger partial charge in [-0.1, -0.05) is 12.1 Å². The van der Waals surface area contributed by atoms with Crippen LogP contribution in [0.4, 0.5) is 0 Å². The zero-order valence-corrected chi connectivity index (χ0v) is 15.3. The van der Waals surface area contributed by atoms with Crippen molar-refractivity contribution in [2.24, 2.45) is 17.8 Å². The Morgan fingerprint density at radius 2 is 2.08 bits per heavy atom. The first-order valence-electron chi connectivity index (χ1n) is 9.20. The number of hydrogen-bond donors (Lipinski definition) is 3. The van der Waals surface area contributed by atoms with E-state index in [-0.39, 0.29) is 43.0 Å². The van der Waals surface area contributed by atoms with Crippen LogP contribution in [0.3, 0.4) is 0 Å². The number of carbonyl (C=O) groups is 1. The highest BCUT2D eigenvalue weighted by atomic mass is 32.1. The van der Waals surface area contributed by atoms with Gasteiger partial charge in [0.05, 0.1) is 10.9 Å². The third-order valence-corrected chi connectivity index (χ3v) is 6.40. The van der Waals surface area contributed by atoms with Crippen LogP contribution < -0.4 is 10.9 Å². The summed E-state index contributed by atoms with van der Waals surface area (Å²) >= 11 is 5.29. The average molecular weight is 373 g/mol. The van der Waals surface area contributed by atoms with Crippen LogP contribution in [-0.4, -0.2) is 33.2 Å². The van der Waals surface area contributed by atoms with Gasteiger partial charge in [0.25, 0.3) is 5.56 Å². The first-order chi connectivity index (χ1) is 12.6. The lowest BCUT2D eigenvalue weighted by atomic mass is 9.85. The standard InChI is InChI=1S/C19H23N3O3S/c23-10-14-11-5-6-12(9-11)17(14)21-16(24)7-8-22-18(25)13-3-1-2-4-15(13)20-19(22)26/h1-4,11-12,14,17,23H,5-10H2,(H,20,26)(H,21,24)/t11-,12-,14-,17+/m0/s1. The molecule has 4 rings (SSSR count). The van der Waals surface area contributed by atoms with E-state index in [9.17, 15) is 14.7 Å². The molecule has 0 saturated heterocycles. The van der Waals surface area contributed by atoms with Gasteiger partial charge in [-0.2, -0.15) is 0 Å². The van der Waals surface area contributed by atoms with Crippen molar-refractivity contribution in [2.75, 3.05) is 6.61 Å². The molecule has 0 spiro atoms. The van der Waals surface area contributed by atoms with Crippen molar-refractivity contribution < 1.29 is 9.90 Å². The van der Waals surface area contributed by atoms with E-state index in [1.165, 1.54) is 4.57 Å². The maximum Gasteiger partial charge on any atom is 0.262 e. The highest BCUT2D eigenvalue weighted by Crippen LogP contribution is 2.48. The number of fused-ring (bicyclic) bond motifs is 3. The van der Waals surface area contributed by atoms with Gasteiger partial charge < -0.3 is 15.4 Å². The van der Waals surface area contributed by atoms with Crippen LogP contribution in [0, 0.1) is 22.5 Å². The number of H-pyrrole nitrogens is 1. The minimum absolute atomic E-state index is 0.0640. The molecule has 7 heteroatoms. The zero-order valence-electron chi connectivity index (χ0n) is 14.5. The Morgan fingerprint density at radius 1 is 1.31 bits per heavy atom. The Labute approximate surface area is 156 Å². The Bertz CT molecular complexity index is 951. The third kappa shape index (κ3) is 2.99. The predicted octanol–water partition coefficient (Wildman–Crippen LogP) is 1.97. The minimum Gasteiger partial charge on any atom is -0.396 e. The summed E-state index contributed by atoms with van der Waals surface area (Å²) in [4.78, 5) is 28.1. The summed E-state index contributed by atoms with van der Waals surface area (Å²) in [6.45, 7) is 0.372. The van der Waals surface area contributed by atoms with E-state index in [1.54, 1.807) is 6.07 Å². The van der Waals surface area contributed by atoms with Crippen LogP contribution in [0.5, 0.6) is 0 Å². The summed E-state index contributed by atoms with van der Waals surface area (Å²) in [5.41, 5.74) is 0.529. The van der Waals surface area contributed by atoms with Crippen molar-refractivity contribution in [2.45, 2.75) is 38.3 Å². The molecule has 2 aliphatic carbocycles. The fourth-order valence-electron chi connectivity index (χ4n) is 4.77. The van der Waals surface area contributed by atoms with Gasteiger partial charge in [0, 0.05) is 31.5 Å². The molecule has 1 heterocycles. The number of aliphatic hydroxyl groups excluding tert-OH is 1. The van der Waals surface area contributed by atoms with Crippen LogP contribution in [0.2, 0.25) is 0 Å². The number of amides is 1. The Kier molecular flexibility index (Phi) is 4.67. The van der Waals surface area contributed by atoms with E-state index in [0.717, 1.165) is 19.3 Å². The van der Waals surface area contributed by atoms with Gasteiger partial charge >= 0.3 is 0 Å². The highest BCUT2D eigenvalue weighted by Gasteiger charge is 2.47. The van der Waals surface area contributed by atoms with Crippen molar-refractivity contribution in [3.8, 4) is 0 Å². The quantitative estimate of drug-likeness (QED) is 0.700. The molecule has 2 aliphatic rings. The van der Waals surface area contributed by atoms with E-state index >= 15 is 0 Å². The van der Waals surface area contributed by atoms with Gasteiger partial charge in [-0.3, -0.25) is 14.2 Å². The molecule has 0 aliphatic heterocycles. The highest BCUT2D eigenvalue weighted by molar-refractivity contribution is 7.71. The molecule has 1 aromatic heterocycles. The van der Waals surface area contributed by atoms with E-state index < -0.39 is 0 Å². The fraction of sp³-hybridized carbons (Fsp3) is 0.526. The smallest absolute Gasteiger partial charge is 0.262 e. The molecule has 4 atom stereocenters. The number of hydrogen-bond acceptors (Lipinski definition) is 4. The molecule has 3 N–H and O–H groups in total. The number of aromatic nitrogens is 2. The maximum absolute atomic E-state index is 12.6. The summed E-state index contributed by atoms with van der Waals surface area (Å²) in [6.07, 6.45) is 3.58. The van der Waals surface area contributed by atoms with Crippen molar-refractivity contribution in [3.05, 3.63) is 39.4 Å². The predicted molar refractivity (Wildman–Crippen MR) is 101 cm³/mol. The van der Waals surface area contributed by atoms with Crippen molar-refractivity contribution in [1.29, 1.82) is 0 Å². The minimum atomic E-state index is -0.176. The van der Waals surface area contributed by atoms with Crippen LogP contribution >= 0.6 is 12.2 Å². The van der Waals surface area contributed by atoms with Gasteiger partial charge in [-0.25, -0.2) is 0 Å². The Hall–Kier alpha value is -1.99. The first-order valence-corrected chi connectivity index (χ1v) is 9.61. The Morgan fingerprint density at radius 3 is 2.88 bits per heavy atom. The second kappa shape index (κ2) is 6.96. The van der Waals surface area contributed by atoms with Crippen LogP contribution in [0.25, 0.3) is 10.9 Å². The summed E-state index contributed by atoms with van der Waals surface area (Å²) in [5.74, 6) is 1.10. The molecule has 2 bridgehead atoms. The second-order valence-corrected chi connectivity index (χ2v) is 7.84. The zero-order chi connectivity index (χ0) is 18.3. The molecule has 6 nitrogen and oxygen atoms in total. The molecular weight excluding hydrogens is 350 g/mol. The number of aliphatic hydroxyl groups is 1. The van der Waals surface area contributed by atoms with Gasteiger partial charge in [0.2, 0.25) is 5.91 Å². The van der Waals surface area contributed by atoms with Crippen molar-refractivity contribution in [1.82, 2.24) is 14.9 Å². The van der Waals surface area contributed by atoms with Gasteiger partial charge in [-0.05, 0) is 55.4 Å². The fourth-order valence-corrected chi connectivity index (χ4v) is 5.06. The molecule has 138 valence electrons. The van der Waals surface area contributed by atoms with Crippen molar-refractivity contribution >= 4 is 29.0 Å². The summed E-state index contributed by atoms with van der Waals surface area (Å²) in [7, 11) is 0. The van der Waals surface area contributed by atoms with E-state index in [0.29, 0.717) is 27.5 Å². The van der Waals surface area contributed by atoms with E-state index in [4.69, 9.17) is 12.2 Å². The number of rotatable bonds is 5. The summed E-state index contributed by atoms with van der Waals surface area (Å²) in [5, 5.41) is 13.3. The second-order valence-electron chi connectivity index (χ2n) is 7.46. The summed E-state index contributed by atoms with van der Waals surface area (Å²) < 4.78 is 1.77. The molecule has 1 amide bonds. The SMILES string of the molecule is O=C(CCn1c(=S)[nH]c2ccccc2c1=O)N[C@@H]1[C@H]2CC[C@@H](C2)[C@@H]1CO. The average Bonchev–Trinajstić information content (AvgIpc) is 3.23. The normalized spacial score (nSPS) is 27.1. The number of para-hydroxylation sites is 1. The molecule has 2 saturated carbocycles. The van der Waals surface area contributed by atoms with E-state index in [2.05, 4.69) is 10.3 Å². The largest absolute Gasteiger partial charge is 0.396 e. The molecule has 2 fully saturated rings. The molecule has 1 aromatic carbocycles. The summed E-state index contributed by atoms with van der Waals surface area (Å²) in [6, 6.07) is 7.28. The van der Waals surface area contributed by atoms with Gasteiger partial charge in [0.15, 0.2) is 4.77 Å². The third-order valence-electron chi connectivity index (χ3n) is 6.08. The topological polar surface area (TPSA) is 87.1 Å². The lowest BCUT2D eigenvalue weighted by Gasteiger charge is -2.30. The molecular formula is C19H23N3O3S. The van der Waals surface area contributed by atoms with Crippen LogP contribution in [0.1, 0.15) is 25.7 Å². The number of carbonyl (C=O) groups excluding carboxylic acids is 1. The molecule has 26 heavy (non-hydrogen) atoms. The molecule has 0 unspecified atom stereocenters. The van der Waals surface area contributed by atoms with Crippen LogP contribution in [0.15, 0.2) is 29.1 Å². The number of benzene rings is 1. The number of aromatic amines is 1. The van der Waals surface area contributed by atoms with Gasteiger partial charge in [0.1, 0.15) is 0 Å². The lowest BCUT2D eigenvalue weighted by molar-refractivity contribution is -0.122. The van der Waals surface area contributed by atoms with Gasteiger partial charge in [-0.15, -0.1) is 0 Å². The van der Waals surface area contributed by atoms with E-state index in [1.807, 2.05) is 18.2 Å². The molecule has 0 radical (unpaired) electrons. The monoisotopic (exact) mass is 373 g/mol. The lowest BCUT2D eigenvalue weighted by Crippen LogP contribution is -2.45. The Balaban J connectivity index is 1.46. The van der Waals surface area contributed by atoms with Crippen LogP contribution in [-0.2, 0) is 11.3 Å².